The normalized spacial score (nSPS) is 24.5. The van der Waals surface area contributed by atoms with Gasteiger partial charge in [-0.05, 0) is 30.7 Å². The lowest BCUT2D eigenvalue weighted by Crippen LogP contribution is -2.25. The minimum atomic E-state index is 0.445. The van der Waals surface area contributed by atoms with Crippen LogP contribution in [0.3, 0.4) is 0 Å². The third-order valence-electron chi connectivity index (χ3n) is 5.05. The molecule has 1 aromatic heterocycles. The van der Waals surface area contributed by atoms with Crippen molar-refractivity contribution >= 4 is 33.8 Å². The Balaban J connectivity index is 1.85. The molecule has 1 saturated heterocycles. The zero-order chi connectivity index (χ0) is 14.4. The SMILES string of the molecule is NC(=S)c1cnc2ccccc2c1N1CC2CCCC2C1. The van der Waals surface area contributed by atoms with Crippen LogP contribution >= 0.6 is 12.2 Å². The van der Waals surface area contributed by atoms with Gasteiger partial charge in [-0.15, -0.1) is 0 Å². The minimum absolute atomic E-state index is 0.445. The number of fused-ring (bicyclic) bond motifs is 2. The topological polar surface area (TPSA) is 42.1 Å². The zero-order valence-electron chi connectivity index (χ0n) is 12.0. The van der Waals surface area contributed by atoms with E-state index in [0.717, 1.165) is 36.0 Å². The quantitative estimate of drug-likeness (QED) is 0.865. The molecule has 2 fully saturated rings. The van der Waals surface area contributed by atoms with Crippen LogP contribution in [0.2, 0.25) is 0 Å². The predicted octanol–water partition coefficient (Wildman–Crippen LogP) is 3.11. The van der Waals surface area contributed by atoms with Gasteiger partial charge >= 0.3 is 0 Å². The van der Waals surface area contributed by atoms with E-state index in [1.54, 1.807) is 0 Å². The molecule has 2 aliphatic rings. The summed E-state index contributed by atoms with van der Waals surface area (Å²) in [6.07, 6.45) is 5.97. The van der Waals surface area contributed by atoms with Gasteiger partial charge < -0.3 is 10.6 Å². The highest BCUT2D eigenvalue weighted by molar-refractivity contribution is 7.80. The lowest BCUT2D eigenvalue weighted by Gasteiger charge is -2.24. The summed E-state index contributed by atoms with van der Waals surface area (Å²) in [5.74, 6) is 1.69. The fraction of sp³-hybridized carbons (Fsp3) is 0.412. The molecule has 0 bridgehead atoms. The van der Waals surface area contributed by atoms with Gasteiger partial charge in [-0.1, -0.05) is 36.8 Å². The fourth-order valence-electron chi connectivity index (χ4n) is 4.07. The summed E-state index contributed by atoms with van der Waals surface area (Å²) in [6.45, 7) is 2.27. The number of anilines is 1. The van der Waals surface area contributed by atoms with Crippen molar-refractivity contribution in [3.8, 4) is 0 Å². The summed E-state index contributed by atoms with van der Waals surface area (Å²) in [5, 5.41) is 1.17. The van der Waals surface area contributed by atoms with Crippen LogP contribution in [0.1, 0.15) is 24.8 Å². The highest BCUT2D eigenvalue weighted by Crippen LogP contribution is 2.42. The van der Waals surface area contributed by atoms with Crippen molar-refractivity contribution in [2.24, 2.45) is 17.6 Å². The van der Waals surface area contributed by atoms with Crippen LogP contribution in [-0.4, -0.2) is 23.1 Å². The van der Waals surface area contributed by atoms with Crippen LogP contribution in [0, 0.1) is 11.8 Å². The molecule has 1 aliphatic carbocycles. The van der Waals surface area contributed by atoms with E-state index >= 15 is 0 Å². The van der Waals surface area contributed by atoms with E-state index in [1.807, 2.05) is 12.3 Å². The Morgan fingerprint density at radius 1 is 1.19 bits per heavy atom. The van der Waals surface area contributed by atoms with E-state index in [9.17, 15) is 0 Å². The van der Waals surface area contributed by atoms with Crippen LogP contribution in [0.4, 0.5) is 5.69 Å². The Labute approximate surface area is 130 Å². The summed E-state index contributed by atoms with van der Waals surface area (Å²) < 4.78 is 0. The van der Waals surface area contributed by atoms with Crippen LogP contribution in [-0.2, 0) is 0 Å². The Hall–Kier alpha value is -1.68. The molecule has 21 heavy (non-hydrogen) atoms. The van der Waals surface area contributed by atoms with Gasteiger partial charge in [0.15, 0.2) is 0 Å². The van der Waals surface area contributed by atoms with Gasteiger partial charge in [0, 0.05) is 24.7 Å². The molecule has 0 radical (unpaired) electrons. The van der Waals surface area contributed by atoms with Crippen molar-refractivity contribution < 1.29 is 0 Å². The molecule has 2 N–H and O–H groups in total. The molecule has 3 nitrogen and oxygen atoms in total. The van der Waals surface area contributed by atoms with Gasteiger partial charge in [-0.25, -0.2) is 0 Å². The molecule has 0 amide bonds. The van der Waals surface area contributed by atoms with E-state index in [0.29, 0.717) is 4.99 Å². The maximum absolute atomic E-state index is 5.95. The number of nitrogens with zero attached hydrogens (tertiary/aromatic N) is 2. The van der Waals surface area contributed by atoms with Gasteiger partial charge in [0.25, 0.3) is 0 Å². The molecule has 1 saturated carbocycles. The number of nitrogens with two attached hydrogens (primary N) is 1. The standard InChI is InChI=1S/C17H19N3S/c18-17(21)14-8-19-15-7-2-1-6-13(15)16(14)20-9-11-4-3-5-12(11)10-20/h1-2,6-8,11-12H,3-5,9-10H2,(H2,18,21). The maximum atomic E-state index is 5.95. The first kappa shape index (κ1) is 13.0. The lowest BCUT2D eigenvalue weighted by molar-refractivity contribution is 0.494. The molecule has 4 heteroatoms. The number of thiocarbonyl (C=S) groups is 1. The number of rotatable bonds is 2. The first-order valence-corrected chi connectivity index (χ1v) is 8.07. The van der Waals surface area contributed by atoms with Crippen molar-refractivity contribution in [2.75, 3.05) is 18.0 Å². The van der Waals surface area contributed by atoms with Crippen LogP contribution in [0.25, 0.3) is 10.9 Å². The van der Waals surface area contributed by atoms with E-state index in [2.05, 4.69) is 28.1 Å². The molecular formula is C17H19N3S. The fourth-order valence-corrected chi connectivity index (χ4v) is 4.21. The lowest BCUT2D eigenvalue weighted by atomic mass is 10.0. The van der Waals surface area contributed by atoms with Crippen molar-refractivity contribution in [2.45, 2.75) is 19.3 Å². The molecule has 1 aliphatic heterocycles. The third-order valence-corrected chi connectivity index (χ3v) is 5.27. The van der Waals surface area contributed by atoms with Crippen LogP contribution in [0.5, 0.6) is 0 Å². The molecule has 1 aromatic carbocycles. The largest absolute Gasteiger partial charge is 0.389 e. The number of benzene rings is 1. The van der Waals surface area contributed by atoms with E-state index in [-0.39, 0.29) is 0 Å². The van der Waals surface area contributed by atoms with Gasteiger partial charge in [-0.2, -0.15) is 0 Å². The predicted molar refractivity (Wildman–Crippen MR) is 90.7 cm³/mol. The molecule has 4 rings (SSSR count). The average molecular weight is 297 g/mol. The first-order chi connectivity index (χ1) is 10.2. The summed E-state index contributed by atoms with van der Waals surface area (Å²) in [6, 6.07) is 8.28. The molecule has 2 aromatic rings. The number of hydrogen-bond donors (Lipinski definition) is 1. The second kappa shape index (κ2) is 4.95. The number of para-hydroxylation sites is 1. The van der Waals surface area contributed by atoms with Gasteiger partial charge in [0.05, 0.1) is 16.8 Å². The summed E-state index contributed by atoms with van der Waals surface area (Å²) in [7, 11) is 0. The Morgan fingerprint density at radius 2 is 1.90 bits per heavy atom. The highest BCUT2D eigenvalue weighted by Gasteiger charge is 2.37. The molecular weight excluding hydrogens is 278 g/mol. The smallest absolute Gasteiger partial charge is 0.107 e. The van der Waals surface area contributed by atoms with Crippen molar-refractivity contribution in [3.05, 3.63) is 36.0 Å². The maximum Gasteiger partial charge on any atom is 0.107 e. The third kappa shape index (κ3) is 2.09. The highest BCUT2D eigenvalue weighted by atomic mass is 32.1. The van der Waals surface area contributed by atoms with Crippen LogP contribution in [0.15, 0.2) is 30.5 Å². The Morgan fingerprint density at radius 3 is 2.62 bits per heavy atom. The van der Waals surface area contributed by atoms with E-state index in [1.165, 1.54) is 30.3 Å². The van der Waals surface area contributed by atoms with Crippen LogP contribution < -0.4 is 10.6 Å². The van der Waals surface area contributed by atoms with Crippen molar-refractivity contribution in [3.63, 3.8) is 0 Å². The Kier molecular flexibility index (Phi) is 3.07. The summed E-state index contributed by atoms with van der Waals surface area (Å²) in [5.41, 5.74) is 9.09. The molecule has 0 spiro atoms. The first-order valence-electron chi connectivity index (χ1n) is 7.66. The van der Waals surface area contributed by atoms with E-state index < -0.39 is 0 Å². The van der Waals surface area contributed by atoms with Gasteiger partial charge in [0.1, 0.15) is 4.99 Å². The molecule has 2 heterocycles. The number of pyridine rings is 1. The monoisotopic (exact) mass is 297 g/mol. The van der Waals surface area contributed by atoms with Crippen molar-refractivity contribution in [1.29, 1.82) is 0 Å². The minimum Gasteiger partial charge on any atom is -0.389 e. The molecule has 2 atom stereocenters. The average Bonchev–Trinajstić information content (AvgIpc) is 3.07. The van der Waals surface area contributed by atoms with E-state index in [4.69, 9.17) is 18.0 Å². The second-order valence-electron chi connectivity index (χ2n) is 6.26. The van der Waals surface area contributed by atoms with Gasteiger partial charge in [-0.3, -0.25) is 4.98 Å². The zero-order valence-corrected chi connectivity index (χ0v) is 12.8. The molecule has 108 valence electrons. The molecule has 2 unspecified atom stereocenters. The van der Waals surface area contributed by atoms with Gasteiger partial charge in [0.2, 0.25) is 0 Å². The van der Waals surface area contributed by atoms with Crippen molar-refractivity contribution in [1.82, 2.24) is 4.98 Å². The summed E-state index contributed by atoms with van der Waals surface area (Å²) in [4.78, 5) is 7.45. The Bertz CT molecular complexity index is 700. The summed E-state index contributed by atoms with van der Waals surface area (Å²) >= 11 is 5.26. The number of aromatic nitrogens is 1. The second-order valence-corrected chi connectivity index (χ2v) is 6.70. The number of hydrogen-bond acceptors (Lipinski definition) is 3.